The molecule has 1 amide bonds. The van der Waals surface area contributed by atoms with Gasteiger partial charge in [0.2, 0.25) is 0 Å². The molecule has 33 heavy (non-hydrogen) atoms. The zero-order valence-corrected chi connectivity index (χ0v) is 17.9. The maximum Gasteiger partial charge on any atom is 0.338 e. The number of carbonyl (C=O) groups excluding carboxylic acids is 2. The van der Waals surface area contributed by atoms with Gasteiger partial charge in [0.1, 0.15) is 11.9 Å². The van der Waals surface area contributed by atoms with Crippen LogP contribution in [0.5, 0.6) is 0 Å². The summed E-state index contributed by atoms with van der Waals surface area (Å²) in [4.78, 5) is 40.6. The summed E-state index contributed by atoms with van der Waals surface area (Å²) in [6, 6.07) is 19.7. The van der Waals surface area contributed by atoms with Crippen molar-refractivity contribution in [2.75, 3.05) is 7.11 Å². The molecule has 0 aliphatic rings. The van der Waals surface area contributed by atoms with E-state index < -0.39 is 22.8 Å². The molecule has 4 aromatic rings. The lowest BCUT2D eigenvalue weighted by molar-refractivity contribution is -0.384. The van der Waals surface area contributed by atoms with E-state index in [0.717, 1.165) is 35.8 Å². The third-order valence-corrected chi connectivity index (χ3v) is 5.30. The number of hydrogen-bond acceptors (Lipinski definition) is 6. The Kier molecular flexibility index (Phi) is 5.86. The molecule has 1 atom stereocenters. The van der Waals surface area contributed by atoms with Crippen LogP contribution >= 0.6 is 0 Å². The number of nitrogens with zero attached hydrogens (tertiary/aromatic N) is 3. The van der Waals surface area contributed by atoms with Gasteiger partial charge in [-0.15, -0.1) is 0 Å². The number of fused-ring (bicyclic) bond motifs is 1. The average Bonchev–Trinajstić information content (AvgIpc) is 3.18. The van der Waals surface area contributed by atoms with Crippen LogP contribution in [0.2, 0.25) is 0 Å². The molecule has 3 aromatic carbocycles. The molecule has 166 valence electrons. The first kappa shape index (κ1) is 21.7. The van der Waals surface area contributed by atoms with Crippen LogP contribution in [0, 0.1) is 10.1 Å². The van der Waals surface area contributed by atoms with Crippen molar-refractivity contribution in [3.63, 3.8) is 0 Å². The number of para-hydroxylation sites is 2. The number of imidazole rings is 1. The standard InChI is InChI=1S/C24H20N4O5/c1-27-20-11-7-6-10-19(20)25-22(27)21(15-8-4-3-5-9-15)26-23(29)16-12-17(24(30)33-2)14-18(13-16)28(31)32/h3-14,21H,1-2H3,(H,26,29). The summed E-state index contributed by atoms with van der Waals surface area (Å²) in [6.45, 7) is 0. The number of benzene rings is 3. The first-order valence-corrected chi connectivity index (χ1v) is 10.0. The van der Waals surface area contributed by atoms with Gasteiger partial charge < -0.3 is 14.6 Å². The van der Waals surface area contributed by atoms with Crippen molar-refractivity contribution < 1.29 is 19.2 Å². The molecule has 0 spiro atoms. The van der Waals surface area contributed by atoms with E-state index >= 15 is 0 Å². The molecule has 0 aliphatic heterocycles. The molecule has 0 saturated heterocycles. The molecular formula is C24H20N4O5. The fraction of sp³-hybridized carbons (Fsp3) is 0.125. The molecule has 0 bridgehead atoms. The second-order valence-electron chi connectivity index (χ2n) is 7.35. The van der Waals surface area contributed by atoms with E-state index in [1.165, 1.54) is 6.07 Å². The minimum Gasteiger partial charge on any atom is -0.465 e. The van der Waals surface area contributed by atoms with Crippen molar-refractivity contribution in [1.82, 2.24) is 14.9 Å². The highest BCUT2D eigenvalue weighted by Crippen LogP contribution is 2.26. The second kappa shape index (κ2) is 8.91. The van der Waals surface area contributed by atoms with Crippen molar-refractivity contribution in [1.29, 1.82) is 0 Å². The van der Waals surface area contributed by atoms with E-state index in [0.29, 0.717) is 5.82 Å². The van der Waals surface area contributed by atoms with Gasteiger partial charge in [-0.05, 0) is 23.8 Å². The molecule has 0 saturated carbocycles. The molecule has 0 radical (unpaired) electrons. The molecule has 1 unspecified atom stereocenters. The summed E-state index contributed by atoms with van der Waals surface area (Å²) in [5.41, 5.74) is 1.93. The van der Waals surface area contributed by atoms with Gasteiger partial charge in [0.25, 0.3) is 11.6 Å². The van der Waals surface area contributed by atoms with Crippen LogP contribution in [0.3, 0.4) is 0 Å². The summed E-state index contributed by atoms with van der Waals surface area (Å²) < 4.78 is 6.56. The normalized spacial score (nSPS) is 11.7. The number of aromatic nitrogens is 2. The largest absolute Gasteiger partial charge is 0.465 e. The number of nitrogens with one attached hydrogen (secondary N) is 1. The Morgan fingerprint density at radius 3 is 2.36 bits per heavy atom. The number of hydrogen-bond donors (Lipinski definition) is 1. The molecule has 9 heteroatoms. The Labute approximate surface area is 188 Å². The lowest BCUT2D eigenvalue weighted by Gasteiger charge is -2.19. The lowest BCUT2D eigenvalue weighted by atomic mass is 10.0. The number of carbonyl (C=O) groups is 2. The van der Waals surface area contributed by atoms with Gasteiger partial charge in [0, 0.05) is 24.7 Å². The Bertz CT molecular complexity index is 1360. The van der Waals surface area contributed by atoms with Crippen molar-refractivity contribution in [2.45, 2.75) is 6.04 Å². The maximum atomic E-state index is 13.2. The van der Waals surface area contributed by atoms with Crippen molar-refractivity contribution in [3.8, 4) is 0 Å². The fourth-order valence-corrected chi connectivity index (χ4v) is 3.66. The predicted octanol–water partition coefficient (Wildman–Crippen LogP) is 3.79. The average molecular weight is 444 g/mol. The number of ether oxygens (including phenoxy) is 1. The quantitative estimate of drug-likeness (QED) is 0.275. The minimum atomic E-state index is -0.775. The molecule has 1 heterocycles. The van der Waals surface area contributed by atoms with E-state index in [-0.39, 0.29) is 16.8 Å². The van der Waals surface area contributed by atoms with Crippen LogP contribution in [0.1, 0.15) is 38.1 Å². The second-order valence-corrected chi connectivity index (χ2v) is 7.35. The van der Waals surface area contributed by atoms with Gasteiger partial charge in [0.15, 0.2) is 0 Å². The number of non-ortho nitro benzene ring substituents is 1. The number of nitro benzene ring substituents is 1. The van der Waals surface area contributed by atoms with Crippen molar-refractivity contribution in [2.24, 2.45) is 7.05 Å². The number of esters is 1. The number of nitro groups is 1. The number of aryl methyl sites for hydroxylation is 1. The highest BCUT2D eigenvalue weighted by molar-refractivity contribution is 5.99. The molecular weight excluding hydrogens is 424 g/mol. The zero-order valence-electron chi connectivity index (χ0n) is 17.9. The van der Waals surface area contributed by atoms with Crippen molar-refractivity contribution >= 4 is 28.6 Å². The predicted molar refractivity (Wildman–Crippen MR) is 121 cm³/mol. The van der Waals surface area contributed by atoms with Crippen LogP contribution in [0.4, 0.5) is 5.69 Å². The molecule has 1 N–H and O–H groups in total. The summed E-state index contributed by atoms with van der Waals surface area (Å²) in [5, 5.41) is 14.3. The third kappa shape index (κ3) is 4.29. The molecule has 0 fully saturated rings. The zero-order chi connectivity index (χ0) is 23.5. The Balaban J connectivity index is 1.78. The monoisotopic (exact) mass is 444 g/mol. The Morgan fingerprint density at radius 2 is 1.70 bits per heavy atom. The first-order chi connectivity index (χ1) is 15.9. The summed E-state index contributed by atoms with van der Waals surface area (Å²) >= 11 is 0. The third-order valence-electron chi connectivity index (χ3n) is 5.30. The maximum absolute atomic E-state index is 13.2. The molecule has 0 aliphatic carbocycles. The highest BCUT2D eigenvalue weighted by atomic mass is 16.6. The number of amides is 1. The van der Waals surface area contributed by atoms with Crippen molar-refractivity contribution in [3.05, 3.63) is 105 Å². The van der Waals surface area contributed by atoms with Crippen LogP contribution in [-0.2, 0) is 11.8 Å². The van der Waals surface area contributed by atoms with E-state index in [1.807, 2.05) is 66.2 Å². The SMILES string of the molecule is COC(=O)c1cc(C(=O)NC(c2ccccc2)c2nc3ccccc3n2C)cc([N+](=O)[O-])c1. The van der Waals surface area contributed by atoms with Gasteiger partial charge >= 0.3 is 5.97 Å². The van der Waals surface area contributed by atoms with Gasteiger partial charge in [-0.1, -0.05) is 42.5 Å². The van der Waals surface area contributed by atoms with Gasteiger partial charge in [-0.3, -0.25) is 14.9 Å². The summed E-state index contributed by atoms with van der Waals surface area (Å²) in [5.74, 6) is -0.776. The van der Waals surface area contributed by atoms with Crippen LogP contribution in [0.15, 0.2) is 72.8 Å². The summed E-state index contributed by atoms with van der Waals surface area (Å²) in [7, 11) is 3.02. The van der Waals surface area contributed by atoms with Crippen LogP contribution in [0.25, 0.3) is 11.0 Å². The van der Waals surface area contributed by atoms with Gasteiger partial charge in [0.05, 0.1) is 28.6 Å². The number of rotatable bonds is 6. The first-order valence-electron chi connectivity index (χ1n) is 10.0. The Hall–Kier alpha value is -4.53. The number of methoxy groups -OCH3 is 1. The lowest BCUT2D eigenvalue weighted by Crippen LogP contribution is -2.31. The molecule has 1 aromatic heterocycles. The van der Waals surface area contributed by atoms with Gasteiger partial charge in [-0.25, -0.2) is 9.78 Å². The van der Waals surface area contributed by atoms with E-state index in [2.05, 4.69) is 10.1 Å². The smallest absolute Gasteiger partial charge is 0.338 e. The minimum absolute atomic E-state index is 0.0377. The van der Waals surface area contributed by atoms with E-state index in [1.54, 1.807) is 0 Å². The van der Waals surface area contributed by atoms with E-state index in [4.69, 9.17) is 4.98 Å². The molecule has 4 rings (SSSR count). The van der Waals surface area contributed by atoms with Crippen LogP contribution < -0.4 is 5.32 Å². The summed E-state index contributed by atoms with van der Waals surface area (Å²) in [6.07, 6.45) is 0. The van der Waals surface area contributed by atoms with Crippen LogP contribution in [-0.4, -0.2) is 33.5 Å². The van der Waals surface area contributed by atoms with Gasteiger partial charge in [-0.2, -0.15) is 0 Å². The molecule has 9 nitrogen and oxygen atoms in total. The topological polar surface area (TPSA) is 116 Å². The highest BCUT2D eigenvalue weighted by Gasteiger charge is 2.25. The Morgan fingerprint density at radius 1 is 1.03 bits per heavy atom. The van der Waals surface area contributed by atoms with E-state index in [9.17, 15) is 19.7 Å². The fourth-order valence-electron chi connectivity index (χ4n) is 3.66.